The molecule has 2 aromatic rings. The molecule has 5 heteroatoms. The molecule has 1 N–H and O–H groups in total. The van der Waals surface area contributed by atoms with Crippen LogP contribution in [-0.4, -0.2) is 0 Å². The number of hydrogen-bond donors (Lipinski definition) is 1. The summed E-state index contributed by atoms with van der Waals surface area (Å²) in [6.45, 7) is 1.79. The van der Waals surface area contributed by atoms with Crippen LogP contribution in [0.1, 0.15) is 18.5 Å². The maximum absolute atomic E-state index is 13.7. The van der Waals surface area contributed by atoms with Crippen molar-refractivity contribution >= 4 is 28.9 Å². The number of rotatable bonds is 3. The summed E-state index contributed by atoms with van der Waals surface area (Å²) in [7, 11) is 0. The van der Waals surface area contributed by atoms with E-state index in [1.54, 1.807) is 25.1 Å². The zero-order valence-corrected chi connectivity index (χ0v) is 11.6. The van der Waals surface area contributed by atoms with E-state index >= 15 is 0 Å². The molecule has 19 heavy (non-hydrogen) atoms. The van der Waals surface area contributed by atoms with Gasteiger partial charge >= 0.3 is 0 Å². The predicted molar refractivity (Wildman–Crippen MR) is 74.9 cm³/mol. The van der Waals surface area contributed by atoms with Crippen molar-refractivity contribution in [1.29, 1.82) is 0 Å². The van der Waals surface area contributed by atoms with Crippen molar-refractivity contribution < 1.29 is 8.78 Å². The molecule has 0 amide bonds. The van der Waals surface area contributed by atoms with Gasteiger partial charge in [-0.2, -0.15) is 0 Å². The molecule has 0 spiro atoms. The van der Waals surface area contributed by atoms with Crippen molar-refractivity contribution in [2.45, 2.75) is 13.0 Å². The molecule has 0 aromatic heterocycles. The molecule has 0 fully saturated rings. The molecule has 1 unspecified atom stereocenters. The van der Waals surface area contributed by atoms with Gasteiger partial charge in [0.2, 0.25) is 0 Å². The fourth-order valence-corrected chi connectivity index (χ4v) is 2.01. The number of benzene rings is 2. The van der Waals surface area contributed by atoms with E-state index in [-0.39, 0.29) is 21.8 Å². The Morgan fingerprint density at radius 3 is 2.47 bits per heavy atom. The van der Waals surface area contributed by atoms with Gasteiger partial charge in [0.25, 0.3) is 0 Å². The second kappa shape index (κ2) is 5.76. The summed E-state index contributed by atoms with van der Waals surface area (Å²) >= 11 is 11.3. The summed E-state index contributed by atoms with van der Waals surface area (Å²) in [5, 5.41) is 3.05. The standard InChI is InChI=1S/C14H11Cl2F2N/c1-8(9-5-6-10(15)12(17)7-9)19-13-4-2-3-11(16)14(13)18/h2-8,19H,1H3. The number of halogens is 4. The van der Waals surface area contributed by atoms with Gasteiger partial charge in [0, 0.05) is 6.04 Å². The van der Waals surface area contributed by atoms with Gasteiger partial charge < -0.3 is 5.32 Å². The van der Waals surface area contributed by atoms with Crippen LogP contribution in [0.25, 0.3) is 0 Å². The van der Waals surface area contributed by atoms with Crippen LogP contribution in [0.5, 0.6) is 0 Å². The van der Waals surface area contributed by atoms with Crippen LogP contribution >= 0.6 is 23.2 Å². The van der Waals surface area contributed by atoms with Gasteiger partial charge in [-0.15, -0.1) is 0 Å². The first kappa shape index (κ1) is 14.1. The molecule has 2 rings (SSSR count). The maximum Gasteiger partial charge on any atom is 0.164 e. The van der Waals surface area contributed by atoms with Crippen molar-refractivity contribution in [3.05, 3.63) is 63.6 Å². The SMILES string of the molecule is CC(Nc1cccc(Cl)c1F)c1ccc(Cl)c(F)c1. The molecule has 0 bridgehead atoms. The average Bonchev–Trinajstić information content (AvgIpc) is 2.38. The summed E-state index contributed by atoms with van der Waals surface area (Å²) in [5.74, 6) is -1.02. The lowest BCUT2D eigenvalue weighted by atomic mass is 10.1. The molecule has 0 aliphatic rings. The van der Waals surface area contributed by atoms with Crippen LogP contribution in [0.3, 0.4) is 0 Å². The van der Waals surface area contributed by atoms with E-state index in [0.29, 0.717) is 5.56 Å². The Morgan fingerprint density at radius 2 is 1.79 bits per heavy atom. The molecule has 1 atom stereocenters. The minimum atomic E-state index is -0.523. The van der Waals surface area contributed by atoms with Gasteiger partial charge in [0.1, 0.15) is 5.82 Å². The highest BCUT2D eigenvalue weighted by molar-refractivity contribution is 6.31. The van der Waals surface area contributed by atoms with Crippen molar-refractivity contribution in [3.8, 4) is 0 Å². The first-order valence-corrected chi connectivity index (χ1v) is 6.40. The Bertz CT molecular complexity index is 602. The molecule has 0 radical (unpaired) electrons. The van der Waals surface area contributed by atoms with Gasteiger partial charge in [-0.05, 0) is 36.8 Å². The summed E-state index contributed by atoms with van der Waals surface area (Å²) in [6, 6.07) is 8.88. The second-order valence-corrected chi connectivity index (χ2v) is 4.96. The molecular weight excluding hydrogens is 291 g/mol. The summed E-state index contributed by atoms with van der Waals surface area (Å²) in [5.41, 5.74) is 0.941. The highest BCUT2D eigenvalue weighted by atomic mass is 35.5. The van der Waals surface area contributed by atoms with E-state index in [4.69, 9.17) is 23.2 Å². The quantitative estimate of drug-likeness (QED) is 0.795. The molecule has 0 saturated carbocycles. The molecule has 0 heterocycles. The van der Waals surface area contributed by atoms with Crippen LogP contribution in [-0.2, 0) is 0 Å². The average molecular weight is 302 g/mol. The monoisotopic (exact) mass is 301 g/mol. The van der Waals surface area contributed by atoms with E-state index in [1.807, 2.05) is 0 Å². The molecule has 0 saturated heterocycles. The lowest BCUT2D eigenvalue weighted by molar-refractivity contribution is 0.621. The largest absolute Gasteiger partial charge is 0.376 e. The number of anilines is 1. The zero-order chi connectivity index (χ0) is 14.0. The first-order chi connectivity index (χ1) is 8.99. The molecular formula is C14H11Cl2F2N. The van der Waals surface area contributed by atoms with Crippen LogP contribution in [0.4, 0.5) is 14.5 Å². The summed E-state index contributed by atoms with van der Waals surface area (Å²) < 4.78 is 27.1. The van der Waals surface area contributed by atoms with Gasteiger partial charge in [0.05, 0.1) is 15.7 Å². The highest BCUT2D eigenvalue weighted by Crippen LogP contribution is 2.27. The van der Waals surface area contributed by atoms with Crippen LogP contribution in [0, 0.1) is 11.6 Å². The van der Waals surface area contributed by atoms with Crippen molar-refractivity contribution in [2.24, 2.45) is 0 Å². The Kier molecular flexibility index (Phi) is 4.27. The first-order valence-electron chi connectivity index (χ1n) is 5.64. The predicted octanol–water partition coefficient (Wildman–Crippen LogP) is 5.44. The molecule has 2 aromatic carbocycles. The van der Waals surface area contributed by atoms with Crippen LogP contribution in [0.15, 0.2) is 36.4 Å². The lowest BCUT2D eigenvalue weighted by Crippen LogP contribution is -2.08. The van der Waals surface area contributed by atoms with Gasteiger partial charge in [-0.25, -0.2) is 8.78 Å². The second-order valence-electron chi connectivity index (χ2n) is 4.14. The van der Waals surface area contributed by atoms with E-state index in [0.717, 1.165) is 0 Å². The Hall–Kier alpha value is -1.32. The fraction of sp³-hybridized carbons (Fsp3) is 0.143. The third-order valence-corrected chi connectivity index (χ3v) is 3.37. The summed E-state index contributed by atoms with van der Waals surface area (Å²) in [4.78, 5) is 0. The molecule has 100 valence electrons. The van der Waals surface area contributed by atoms with Crippen molar-refractivity contribution in [1.82, 2.24) is 0 Å². The van der Waals surface area contributed by atoms with Gasteiger partial charge in [0.15, 0.2) is 5.82 Å². The summed E-state index contributed by atoms with van der Waals surface area (Å²) in [6.07, 6.45) is 0. The van der Waals surface area contributed by atoms with E-state index < -0.39 is 11.6 Å². The van der Waals surface area contributed by atoms with E-state index in [1.165, 1.54) is 18.2 Å². The van der Waals surface area contributed by atoms with Crippen LogP contribution < -0.4 is 5.32 Å². The number of nitrogens with one attached hydrogen (secondary N) is 1. The topological polar surface area (TPSA) is 12.0 Å². The normalized spacial score (nSPS) is 12.3. The molecule has 1 nitrogen and oxygen atoms in total. The molecule has 0 aliphatic carbocycles. The van der Waals surface area contributed by atoms with Crippen molar-refractivity contribution in [3.63, 3.8) is 0 Å². The minimum absolute atomic E-state index is 0.0412. The molecule has 0 aliphatic heterocycles. The zero-order valence-electron chi connectivity index (χ0n) is 10.1. The lowest BCUT2D eigenvalue weighted by Gasteiger charge is -2.17. The Labute approximate surface area is 120 Å². The third kappa shape index (κ3) is 3.17. The van der Waals surface area contributed by atoms with E-state index in [9.17, 15) is 8.78 Å². The van der Waals surface area contributed by atoms with Gasteiger partial charge in [-0.1, -0.05) is 35.3 Å². The van der Waals surface area contributed by atoms with Crippen molar-refractivity contribution in [2.75, 3.05) is 5.32 Å². The minimum Gasteiger partial charge on any atom is -0.376 e. The maximum atomic E-state index is 13.7. The van der Waals surface area contributed by atoms with Crippen LogP contribution in [0.2, 0.25) is 10.0 Å². The highest BCUT2D eigenvalue weighted by Gasteiger charge is 2.12. The Morgan fingerprint density at radius 1 is 1.05 bits per heavy atom. The van der Waals surface area contributed by atoms with Gasteiger partial charge in [-0.3, -0.25) is 0 Å². The van der Waals surface area contributed by atoms with E-state index in [2.05, 4.69) is 5.32 Å². The Balaban J connectivity index is 2.23. The number of hydrogen-bond acceptors (Lipinski definition) is 1. The fourth-order valence-electron chi connectivity index (χ4n) is 1.71. The third-order valence-electron chi connectivity index (χ3n) is 2.77. The smallest absolute Gasteiger partial charge is 0.164 e.